The number of rotatable bonds is 2. The van der Waals surface area contributed by atoms with Crippen LogP contribution >= 0.6 is 0 Å². The monoisotopic (exact) mass is 287 g/mol. The summed E-state index contributed by atoms with van der Waals surface area (Å²) in [5.41, 5.74) is -0.697. The smallest absolute Gasteiger partial charge is 0.744 e. The van der Waals surface area contributed by atoms with E-state index >= 15 is 0 Å². The zero-order valence-electron chi connectivity index (χ0n) is 7.21. The van der Waals surface area contributed by atoms with E-state index < -0.39 is 25.6 Å². The summed E-state index contributed by atoms with van der Waals surface area (Å²) in [6.45, 7) is 0. The van der Waals surface area contributed by atoms with Gasteiger partial charge in [-0.3, -0.25) is 10.1 Å². The third kappa shape index (κ3) is 3.48. The molecule has 0 spiro atoms. The summed E-state index contributed by atoms with van der Waals surface area (Å²) in [4.78, 5) is 8.55. The van der Waals surface area contributed by atoms with E-state index in [2.05, 4.69) is 0 Å². The van der Waals surface area contributed by atoms with Crippen LogP contribution in [-0.4, -0.2) is 17.9 Å². The van der Waals surface area contributed by atoms with Gasteiger partial charge >= 0.3 is 58.2 Å². The zero-order chi connectivity index (χ0) is 10.1. The average molecular weight is 288 g/mol. The second kappa shape index (κ2) is 5.43. The van der Waals surface area contributed by atoms with Gasteiger partial charge in [-0.05, 0) is 6.07 Å². The molecule has 0 atom stereocenters. The molecule has 8 heteroatoms. The Balaban J connectivity index is 0.00000169. The van der Waals surface area contributed by atoms with Crippen molar-refractivity contribution in [2.45, 2.75) is 4.90 Å². The third-order valence-electron chi connectivity index (χ3n) is 1.33. The Morgan fingerprint density at radius 1 is 1.21 bits per heavy atom. The molecule has 0 bridgehead atoms. The first-order chi connectivity index (χ1) is 5.93. The molecule has 0 radical (unpaired) electrons. The van der Waals surface area contributed by atoms with E-state index in [1.54, 1.807) is 0 Å². The van der Waals surface area contributed by atoms with Crippen LogP contribution in [0.4, 0.5) is 5.69 Å². The van der Waals surface area contributed by atoms with Crippen LogP contribution in [0.25, 0.3) is 0 Å². The number of benzene rings is 1. The van der Waals surface area contributed by atoms with Crippen LogP contribution in [0.3, 0.4) is 0 Å². The van der Waals surface area contributed by atoms with Gasteiger partial charge in [-0.1, -0.05) is 12.1 Å². The van der Waals surface area contributed by atoms with Crippen LogP contribution in [0, 0.1) is 10.1 Å². The van der Waals surface area contributed by atoms with Crippen LogP contribution in [-0.2, 0) is 10.1 Å². The van der Waals surface area contributed by atoms with Crippen molar-refractivity contribution in [2.75, 3.05) is 0 Å². The first kappa shape index (κ1) is 14.3. The molecule has 0 aromatic heterocycles. The molecule has 1 aromatic rings. The largest absolute Gasteiger partial charge is 1.00 e. The molecule has 70 valence electrons. The Kier molecular flexibility index (Phi) is 5.56. The van der Waals surface area contributed by atoms with Crippen molar-refractivity contribution in [3.8, 4) is 0 Å². The molecule has 0 aliphatic rings. The fraction of sp³-hybridized carbons (Fsp3) is 0. The van der Waals surface area contributed by atoms with Crippen molar-refractivity contribution in [1.29, 1.82) is 0 Å². The number of para-hydroxylation sites is 1. The van der Waals surface area contributed by atoms with E-state index in [9.17, 15) is 23.1 Å². The van der Waals surface area contributed by atoms with Gasteiger partial charge in [-0.2, -0.15) is 0 Å². The summed E-state index contributed by atoms with van der Waals surface area (Å²) in [7, 11) is -4.77. The van der Waals surface area contributed by atoms with Gasteiger partial charge in [-0.15, -0.1) is 0 Å². The van der Waals surface area contributed by atoms with E-state index in [-0.39, 0.29) is 58.2 Å². The normalized spacial score (nSPS) is 10.4. The Hall–Kier alpha value is 0.335. The van der Waals surface area contributed by atoms with E-state index in [1.807, 2.05) is 0 Å². The Morgan fingerprint density at radius 3 is 2.07 bits per heavy atom. The van der Waals surface area contributed by atoms with Crippen molar-refractivity contribution >= 4 is 15.8 Å². The van der Waals surface area contributed by atoms with Crippen molar-refractivity contribution in [3.63, 3.8) is 0 Å². The standard InChI is InChI=1S/C6H5NO5S.Rb/c8-7(9)5-3-1-2-4-6(5)13(10,11)12;/h1-4H,(H,10,11,12);/q;+1/p-1. The molecule has 0 amide bonds. The minimum absolute atomic E-state index is 0. The molecule has 0 unspecified atom stereocenters. The fourth-order valence-electron chi connectivity index (χ4n) is 0.819. The first-order valence-electron chi connectivity index (χ1n) is 3.12. The van der Waals surface area contributed by atoms with Crippen molar-refractivity contribution in [3.05, 3.63) is 34.4 Å². The van der Waals surface area contributed by atoms with Gasteiger partial charge < -0.3 is 4.55 Å². The Bertz CT molecular complexity index is 443. The maximum absolute atomic E-state index is 10.5. The Labute approximate surface area is 129 Å². The van der Waals surface area contributed by atoms with Gasteiger partial charge in [0.2, 0.25) is 0 Å². The van der Waals surface area contributed by atoms with Gasteiger partial charge in [0.05, 0.1) is 4.92 Å². The SMILES string of the molecule is O=[N+]([O-])c1ccccc1S(=O)(=O)[O-].[Rb+]. The second-order valence-corrected chi connectivity index (χ2v) is 3.53. The molecule has 0 aliphatic heterocycles. The molecule has 1 aromatic carbocycles. The van der Waals surface area contributed by atoms with Gasteiger partial charge in [0.1, 0.15) is 15.0 Å². The summed E-state index contributed by atoms with van der Waals surface area (Å²) in [5.74, 6) is 0. The molecule has 0 N–H and O–H groups in total. The molecular weight excluding hydrogens is 284 g/mol. The van der Waals surface area contributed by atoms with Gasteiger partial charge in [0, 0.05) is 6.07 Å². The maximum Gasteiger partial charge on any atom is 1.00 e. The maximum atomic E-state index is 10.5. The molecular formula is C6H4NO5RbS. The molecule has 0 saturated carbocycles. The number of hydrogen-bond acceptors (Lipinski definition) is 5. The fourth-order valence-corrected chi connectivity index (χ4v) is 1.46. The van der Waals surface area contributed by atoms with Crippen LogP contribution in [0.5, 0.6) is 0 Å². The minimum Gasteiger partial charge on any atom is -0.744 e. The van der Waals surface area contributed by atoms with Gasteiger partial charge in [0.15, 0.2) is 0 Å². The van der Waals surface area contributed by atoms with Crippen LogP contribution < -0.4 is 58.2 Å². The summed E-state index contributed by atoms with van der Waals surface area (Å²) in [6, 6.07) is 4.40. The summed E-state index contributed by atoms with van der Waals surface area (Å²) >= 11 is 0. The topological polar surface area (TPSA) is 100 Å². The number of hydrogen-bond donors (Lipinski definition) is 0. The van der Waals surface area contributed by atoms with E-state index in [1.165, 1.54) is 12.1 Å². The van der Waals surface area contributed by atoms with Crippen LogP contribution in [0.1, 0.15) is 0 Å². The molecule has 0 heterocycles. The van der Waals surface area contributed by atoms with Crippen LogP contribution in [0.15, 0.2) is 29.2 Å². The van der Waals surface area contributed by atoms with E-state index in [0.29, 0.717) is 0 Å². The minimum atomic E-state index is -4.77. The van der Waals surface area contributed by atoms with E-state index in [0.717, 1.165) is 12.1 Å². The van der Waals surface area contributed by atoms with Crippen molar-refractivity contribution in [1.82, 2.24) is 0 Å². The van der Waals surface area contributed by atoms with Crippen molar-refractivity contribution < 1.29 is 76.1 Å². The molecule has 0 saturated heterocycles. The molecule has 0 fully saturated rings. The summed E-state index contributed by atoms with van der Waals surface area (Å²) in [6.07, 6.45) is 0. The number of nitrogens with zero attached hydrogens (tertiary/aromatic N) is 1. The number of nitro groups is 1. The third-order valence-corrected chi connectivity index (χ3v) is 2.22. The molecule has 6 nitrogen and oxygen atoms in total. The van der Waals surface area contributed by atoms with E-state index in [4.69, 9.17) is 0 Å². The molecule has 14 heavy (non-hydrogen) atoms. The first-order valence-corrected chi connectivity index (χ1v) is 4.53. The van der Waals surface area contributed by atoms with Gasteiger partial charge in [0.25, 0.3) is 5.69 Å². The van der Waals surface area contributed by atoms with Gasteiger partial charge in [-0.25, -0.2) is 8.42 Å². The number of nitro benzene ring substituents is 1. The van der Waals surface area contributed by atoms with Crippen LogP contribution in [0.2, 0.25) is 0 Å². The predicted molar refractivity (Wildman–Crippen MR) is 41.1 cm³/mol. The summed E-state index contributed by atoms with van der Waals surface area (Å²) < 4.78 is 31.5. The molecule has 0 aliphatic carbocycles. The Morgan fingerprint density at radius 2 is 1.71 bits per heavy atom. The predicted octanol–water partition coefficient (Wildman–Crippen LogP) is -2.50. The zero-order valence-corrected chi connectivity index (χ0v) is 12.9. The summed E-state index contributed by atoms with van der Waals surface area (Å²) in [5, 5.41) is 10.3. The molecule has 1 rings (SSSR count). The average Bonchev–Trinajstić information content (AvgIpc) is 2.03. The van der Waals surface area contributed by atoms with Crippen molar-refractivity contribution in [2.24, 2.45) is 0 Å². The quantitative estimate of drug-likeness (QED) is 0.340. The second-order valence-electron chi connectivity index (χ2n) is 2.18.